The summed E-state index contributed by atoms with van der Waals surface area (Å²) in [6.07, 6.45) is 1.49. The Labute approximate surface area is 159 Å². The van der Waals surface area contributed by atoms with Crippen molar-refractivity contribution in [2.45, 2.75) is 36.6 Å². The summed E-state index contributed by atoms with van der Waals surface area (Å²) < 4.78 is 30.0. The lowest BCUT2D eigenvalue weighted by Crippen LogP contribution is -2.38. The van der Waals surface area contributed by atoms with E-state index in [1.165, 1.54) is 0 Å². The molecule has 7 heteroatoms. The molecule has 1 aliphatic heterocycles. The summed E-state index contributed by atoms with van der Waals surface area (Å²) in [6, 6.07) is 11.0. The van der Waals surface area contributed by atoms with E-state index in [0.717, 1.165) is 11.3 Å². The van der Waals surface area contributed by atoms with Crippen LogP contribution in [0.3, 0.4) is 0 Å². The van der Waals surface area contributed by atoms with Gasteiger partial charge >= 0.3 is 0 Å². The van der Waals surface area contributed by atoms with Crippen LogP contribution in [0.15, 0.2) is 47.6 Å². The van der Waals surface area contributed by atoms with Gasteiger partial charge in [0.2, 0.25) is 0 Å². The lowest BCUT2D eigenvalue weighted by atomic mass is 10.1. The zero-order chi connectivity index (χ0) is 18.9. The van der Waals surface area contributed by atoms with Crippen LogP contribution in [0.25, 0.3) is 0 Å². The molecule has 0 amide bonds. The van der Waals surface area contributed by atoms with E-state index in [1.807, 2.05) is 24.3 Å². The molecule has 0 bridgehead atoms. The molecule has 5 nitrogen and oxygen atoms in total. The number of benzene rings is 1. The highest BCUT2D eigenvalue weighted by Gasteiger charge is 2.32. The van der Waals surface area contributed by atoms with Crippen molar-refractivity contribution in [1.29, 1.82) is 0 Å². The van der Waals surface area contributed by atoms with Crippen molar-refractivity contribution in [1.82, 2.24) is 4.98 Å². The van der Waals surface area contributed by atoms with E-state index in [4.69, 9.17) is 16.3 Å². The summed E-state index contributed by atoms with van der Waals surface area (Å²) in [5.74, 6) is 0. The average Bonchev–Trinajstić information content (AvgIpc) is 2.61. The van der Waals surface area contributed by atoms with Crippen molar-refractivity contribution in [3.8, 4) is 0 Å². The summed E-state index contributed by atoms with van der Waals surface area (Å²) >= 11 is 6.29. The second kappa shape index (κ2) is 7.18. The van der Waals surface area contributed by atoms with Gasteiger partial charge in [0, 0.05) is 23.7 Å². The maximum absolute atomic E-state index is 12.5. The molecule has 2 aromatic rings. The van der Waals surface area contributed by atoms with Gasteiger partial charge in [-0.3, -0.25) is 0 Å². The molecule has 1 saturated heterocycles. The number of aromatic nitrogens is 1. The van der Waals surface area contributed by atoms with Crippen LogP contribution in [0, 0.1) is 0 Å². The third kappa shape index (κ3) is 3.72. The first-order valence-corrected chi connectivity index (χ1v) is 10.4. The van der Waals surface area contributed by atoms with Gasteiger partial charge in [0.15, 0.2) is 14.9 Å². The molecular weight excluding hydrogens is 372 g/mol. The molecule has 140 valence electrons. The molecule has 0 spiro atoms. The number of hydrogen-bond donors (Lipinski definition) is 0. The van der Waals surface area contributed by atoms with E-state index in [2.05, 4.69) is 9.88 Å². The third-order valence-corrected chi connectivity index (χ3v) is 7.23. The summed E-state index contributed by atoms with van der Waals surface area (Å²) in [6.45, 7) is 6.94. The minimum absolute atomic E-state index is 0.102. The lowest BCUT2D eigenvalue weighted by Gasteiger charge is -2.35. The van der Waals surface area contributed by atoms with Gasteiger partial charge in [-0.15, -0.1) is 0 Å². The highest BCUT2D eigenvalue weighted by atomic mass is 35.5. The molecule has 1 unspecified atom stereocenters. The van der Waals surface area contributed by atoms with Crippen LogP contribution in [-0.2, 0) is 14.6 Å². The van der Waals surface area contributed by atoms with E-state index in [9.17, 15) is 8.42 Å². The van der Waals surface area contributed by atoms with Crippen molar-refractivity contribution in [3.05, 3.63) is 53.2 Å². The number of rotatable bonds is 3. The fourth-order valence-corrected chi connectivity index (χ4v) is 4.16. The average molecular weight is 395 g/mol. The first-order valence-electron chi connectivity index (χ1n) is 8.52. The molecule has 26 heavy (non-hydrogen) atoms. The molecular formula is C19H23ClN2O3S. The number of halogens is 1. The Morgan fingerprint density at radius 3 is 2.54 bits per heavy atom. The van der Waals surface area contributed by atoms with Gasteiger partial charge in [0.25, 0.3) is 0 Å². The normalized spacial score (nSPS) is 18.8. The molecule has 1 fully saturated rings. The van der Waals surface area contributed by atoms with E-state index in [0.29, 0.717) is 24.7 Å². The smallest absolute Gasteiger partial charge is 0.200 e. The number of pyridine rings is 1. The maximum Gasteiger partial charge on any atom is 0.200 e. The molecule has 1 aromatic heterocycles. The Morgan fingerprint density at radius 2 is 1.92 bits per heavy atom. The first kappa shape index (κ1) is 19.1. The number of hydrogen-bond acceptors (Lipinski definition) is 5. The number of anilines is 1. The maximum atomic E-state index is 12.5. The van der Waals surface area contributed by atoms with Crippen LogP contribution >= 0.6 is 11.6 Å². The molecule has 0 N–H and O–H groups in total. The van der Waals surface area contributed by atoms with E-state index in [1.54, 1.807) is 39.1 Å². The highest BCUT2D eigenvalue weighted by Crippen LogP contribution is 2.31. The summed E-state index contributed by atoms with van der Waals surface area (Å²) in [4.78, 5) is 6.35. The minimum Gasteiger partial charge on any atom is -0.370 e. The van der Waals surface area contributed by atoms with Gasteiger partial charge in [0.05, 0.1) is 23.2 Å². The Kier molecular flexibility index (Phi) is 5.28. The van der Waals surface area contributed by atoms with Crippen LogP contribution in [0.4, 0.5) is 5.69 Å². The van der Waals surface area contributed by atoms with Gasteiger partial charge in [-0.2, -0.15) is 0 Å². The van der Waals surface area contributed by atoms with Crippen molar-refractivity contribution >= 4 is 27.1 Å². The van der Waals surface area contributed by atoms with Crippen molar-refractivity contribution in [2.24, 2.45) is 0 Å². The van der Waals surface area contributed by atoms with Gasteiger partial charge < -0.3 is 9.64 Å². The molecule has 2 heterocycles. The van der Waals surface area contributed by atoms with Crippen LogP contribution in [0.1, 0.15) is 32.4 Å². The fourth-order valence-electron chi connectivity index (χ4n) is 2.84. The number of ether oxygens (including phenoxy) is 1. The standard InChI is InChI=1S/C19H23ClN2O3S/c1-19(2,3)26(23,24)18-9-8-14(12-21-18)22-10-11-25-17(13-22)15-6-4-5-7-16(15)20/h4-9,12,17H,10-11,13H2,1-3H3. The van der Waals surface area contributed by atoms with Crippen LogP contribution < -0.4 is 4.90 Å². The molecule has 1 aromatic carbocycles. The van der Waals surface area contributed by atoms with Crippen molar-refractivity contribution in [3.63, 3.8) is 0 Å². The third-order valence-electron chi connectivity index (χ3n) is 4.49. The monoisotopic (exact) mass is 394 g/mol. The minimum atomic E-state index is -3.46. The quantitative estimate of drug-likeness (QED) is 0.790. The Balaban J connectivity index is 1.81. The predicted octanol–water partition coefficient (Wildman–Crippen LogP) is 3.89. The molecule has 0 saturated carbocycles. The Morgan fingerprint density at radius 1 is 1.19 bits per heavy atom. The predicted molar refractivity (Wildman–Crippen MR) is 104 cm³/mol. The summed E-state index contributed by atoms with van der Waals surface area (Å²) in [7, 11) is -3.46. The van der Waals surface area contributed by atoms with Crippen LogP contribution in [0.2, 0.25) is 5.02 Å². The largest absolute Gasteiger partial charge is 0.370 e. The van der Waals surface area contributed by atoms with E-state index >= 15 is 0 Å². The van der Waals surface area contributed by atoms with E-state index in [-0.39, 0.29) is 11.1 Å². The first-order chi connectivity index (χ1) is 12.2. The number of morpholine rings is 1. The highest BCUT2D eigenvalue weighted by molar-refractivity contribution is 7.92. The summed E-state index contributed by atoms with van der Waals surface area (Å²) in [5, 5.41) is 0.786. The fraction of sp³-hybridized carbons (Fsp3) is 0.421. The van der Waals surface area contributed by atoms with E-state index < -0.39 is 14.6 Å². The van der Waals surface area contributed by atoms with Crippen molar-refractivity contribution < 1.29 is 13.2 Å². The van der Waals surface area contributed by atoms with Crippen molar-refractivity contribution in [2.75, 3.05) is 24.6 Å². The topological polar surface area (TPSA) is 59.5 Å². The lowest BCUT2D eigenvalue weighted by molar-refractivity contribution is 0.0398. The van der Waals surface area contributed by atoms with Gasteiger partial charge in [-0.1, -0.05) is 29.8 Å². The molecule has 0 radical (unpaired) electrons. The van der Waals surface area contributed by atoms with Gasteiger partial charge in [-0.05, 0) is 39.0 Å². The van der Waals surface area contributed by atoms with Gasteiger partial charge in [0.1, 0.15) is 6.10 Å². The molecule has 3 rings (SSSR count). The zero-order valence-corrected chi connectivity index (χ0v) is 16.7. The molecule has 1 atom stereocenters. The van der Waals surface area contributed by atoms with Crippen LogP contribution in [-0.4, -0.2) is 37.8 Å². The van der Waals surface area contributed by atoms with Crippen LogP contribution in [0.5, 0.6) is 0 Å². The number of sulfone groups is 1. The molecule has 1 aliphatic rings. The second-order valence-corrected chi connectivity index (χ2v) is 10.4. The molecule has 0 aliphatic carbocycles. The van der Waals surface area contributed by atoms with Gasteiger partial charge in [-0.25, -0.2) is 13.4 Å². The zero-order valence-electron chi connectivity index (χ0n) is 15.1. The SMILES string of the molecule is CC(C)(C)S(=O)(=O)c1ccc(N2CCOC(c3ccccc3Cl)C2)cn1. The Bertz CT molecular complexity index is 876. The Hall–Kier alpha value is -1.63. The number of nitrogens with zero attached hydrogens (tertiary/aromatic N) is 2. The summed E-state index contributed by atoms with van der Waals surface area (Å²) in [5.41, 5.74) is 1.83. The second-order valence-electron chi connectivity index (χ2n) is 7.30.